The summed E-state index contributed by atoms with van der Waals surface area (Å²) < 4.78 is 23.1. The zero-order valence-corrected chi connectivity index (χ0v) is 9.25. The number of rotatable bonds is 4. The number of aryl methyl sites for hydroxylation is 1. The van der Waals surface area contributed by atoms with Gasteiger partial charge in [0.25, 0.3) is 0 Å². The van der Waals surface area contributed by atoms with Gasteiger partial charge in [0.05, 0.1) is 12.2 Å². The molecule has 0 aromatic heterocycles. The standard InChI is InChI=1S/C11H14FNO3/c1-7-5-8(13)6-9(10(7)12)11(14)16-4-3-15-2/h5-6H,3-4,13H2,1-2H3. The van der Waals surface area contributed by atoms with Crippen LogP contribution in [0.4, 0.5) is 10.1 Å². The summed E-state index contributed by atoms with van der Waals surface area (Å²) in [7, 11) is 1.49. The lowest BCUT2D eigenvalue weighted by molar-refractivity contribution is 0.0383. The van der Waals surface area contributed by atoms with E-state index in [1.54, 1.807) is 0 Å². The highest BCUT2D eigenvalue weighted by Crippen LogP contribution is 2.17. The molecule has 5 heteroatoms. The predicted octanol–water partition coefficient (Wildman–Crippen LogP) is 1.52. The van der Waals surface area contributed by atoms with E-state index in [2.05, 4.69) is 0 Å². The number of ether oxygens (including phenoxy) is 2. The molecule has 16 heavy (non-hydrogen) atoms. The first kappa shape index (κ1) is 12.4. The zero-order chi connectivity index (χ0) is 12.1. The van der Waals surface area contributed by atoms with E-state index in [4.69, 9.17) is 15.2 Å². The number of nitrogens with two attached hydrogens (primary N) is 1. The Hall–Kier alpha value is -1.62. The lowest BCUT2D eigenvalue weighted by Crippen LogP contribution is -2.12. The van der Waals surface area contributed by atoms with Crippen molar-refractivity contribution in [2.75, 3.05) is 26.1 Å². The highest BCUT2D eigenvalue weighted by atomic mass is 19.1. The molecule has 0 aliphatic rings. The van der Waals surface area contributed by atoms with Crippen molar-refractivity contribution in [1.82, 2.24) is 0 Å². The number of nitrogen functional groups attached to an aromatic ring is 1. The average molecular weight is 227 g/mol. The number of hydrogen-bond donors (Lipinski definition) is 1. The van der Waals surface area contributed by atoms with Crippen LogP contribution in [-0.2, 0) is 9.47 Å². The van der Waals surface area contributed by atoms with Crippen molar-refractivity contribution in [3.63, 3.8) is 0 Å². The minimum atomic E-state index is -0.732. The molecule has 0 aliphatic heterocycles. The Morgan fingerprint density at radius 2 is 2.12 bits per heavy atom. The molecule has 0 aliphatic carbocycles. The molecule has 0 bridgehead atoms. The molecule has 1 aromatic carbocycles. The monoisotopic (exact) mass is 227 g/mol. The molecule has 88 valence electrons. The molecule has 2 N–H and O–H groups in total. The first-order valence-electron chi connectivity index (χ1n) is 4.78. The molecule has 0 amide bonds. The van der Waals surface area contributed by atoms with Crippen LogP contribution in [0.25, 0.3) is 0 Å². The second-order valence-electron chi connectivity index (χ2n) is 3.33. The van der Waals surface area contributed by atoms with Gasteiger partial charge in [-0.15, -0.1) is 0 Å². The van der Waals surface area contributed by atoms with Gasteiger partial charge >= 0.3 is 5.97 Å². The van der Waals surface area contributed by atoms with E-state index >= 15 is 0 Å². The van der Waals surface area contributed by atoms with E-state index in [1.165, 1.54) is 26.2 Å². The third-order valence-corrected chi connectivity index (χ3v) is 2.02. The van der Waals surface area contributed by atoms with Crippen LogP contribution in [0.2, 0.25) is 0 Å². The van der Waals surface area contributed by atoms with Crippen LogP contribution in [0.3, 0.4) is 0 Å². The van der Waals surface area contributed by atoms with Crippen molar-refractivity contribution >= 4 is 11.7 Å². The van der Waals surface area contributed by atoms with Crippen molar-refractivity contribution in [2.24, 2.45) is 0 Å². The molecule has 0 unspecified atom stereocenters. The summed E-state index contributed by atoms with van der Waals surface area (Å²) in [6.07, 6.45) is 0. The van der Waals surface area contributed by atoms with Crippen LogP contribution in [0.1, 0.15) is 15.9 Å². The van der Waals surface area contributed by atoms with Gasteiger partial charge in [0.15, 0.2) is 0 Å². The van der Waals surface area contributed by atoms with E-state index < -0.39 is 11.8 Å². The maximum Gasteiger partial charge on any atom is 0.341 e. The minimum Gasteiger partial charge on any atom is -0.460 e. The van der Waals surface area contributed by atoms with Gasteiger partial charge in [0, 0.05) is 12.8 Å². The highest BCUT2D eigenvalue weighted by Gasteiger charge is 2.15. The SMILES string of the molecule is COCCOC(=O)c1cc(N)cc(C)c1F. The average Bonchev–Trinajstić information content (AvgIpc) is 2.23. The predicted molar refractivity (Wildman–Crippen MR) is 57.7 cm³/mol. The van der Waals surface area contributed by atoms with E-state index in [-0.39, 0.29) is 18.8 Å². The Kier molecular flexibility index (Phi) is 4.25. The fourth-order valence-corrected chi connectivity index (χ4v) is 1.24. The molecule has 0 atom stereocenters. The molecule has 0 heterocycles. The van der Waals surface area contributed by atoms with Crippen LogP contribution >= 0.6 is 0 Å². The fraction of sp³-hybridized carbons (Fsp3) is 0.364. The van der Waals surface area contributed by atoms with Crippen LogP contribution in [0, 0.1) is 12.7 Å². The molecule has 0 spiro atoms. The molecule has 1 aromatic rings. The summed E-state index contributed by atoms with van der Waals surface area (Å²) in [6, 6.07) is 2.72. The van der Waals surface area contributed by atoms with E-state index in [9.17, 15) is 9.18 Å². The van der Waals surface area contributed by atoms with E-state index in [1.807, 2.05) is 0 Å². The fourth-order valence-electron chi connectivity index (χ4n) is 1.24. The highest BCUT2D eigenvalue weighted by molar-refractivity contribution is 5.91. The van der Waals surface area contributed by atoms with Crippen LogP contribution in [0.15, 0.2) is 12.1 Å². The van der Waals surface area contributed by atoms with Crippen molar-refractivity contribution in [3.8, 4) is 0 Å². The third-order valence-electron chi connectivity index (χ3n) is 2.02. The molecule has 1 rings (SSSR count). The maximum atomic E-state index is 13.6. The second-order valence-corrected chi connectivity index (χ2v) is 3.33. The zero-order valence-electron chi connectivity index (χ0n) is 9.25. The van der Waals surface area contributed by atoms with Crippen LogP contribution in [0.5, 0.6) is 0 Å². The Morgan fingerprint density at radius 3 is 2.75 bits per heavy atom. The summed E-state index contributed by atoms with van der Waals surface area (Å²) in [5.74, 6) is -1.33. The van der Waals surface area contributed by atoms with E-state index in [0.717, 1.165) is 0 Å². The van der Waals surface area contributed by atoms with Gasteiger partial charge < -0.3 is 15.2 Å². The van der Waals surface area contributed by atoms with Crippen molar-refractivity contribution in [1.29, 1.82) is 0 Å². The van der Waals surface area contributed by atoms with Crippen molar-refractivity contribution < 1.29 is 18.7 Å². The summed E-state index contributed by atoms with van der Waals surface area (Å²) in [5, 5.41) is 0. The maximum absolute atomic E-state index is 13.6. The van der Waals surface area contributed by atoms with E-state index in [0.29, 0.717) is 11.3 Å². The third kappa shape index (κ3) is 2.93. The first-order chi connectivity index (χ1) is 7.56. The summed E-state index contributed by atoms with van der Waals surface area (Å²) in [5.41, 5.74) is 6.03. The minimum absolute atomic E-state index is 0.0859. The van der Waals surface area contributed by atoms with Crippen molar-refractivity contribution in [2.45, 2.75) is 6.92 Å². The van der Waals surface area contributed by atoms with Gasteiger partial charge in [0.1, 0.15) is 12.4 Å². The number of carbonyl (C=O) groups excluding carboxylic acids is 1. The van der Waals surface area contributed by atoms with Gasteiger partial charge in [-0.1, -0.05) is 0 Å². The molecule has 4 nitrogen and oxygen atoms in total. The van der Waals surface area contributed by atoms with Gasteiger partial charge in [-0.2, -0.15) is 0 Å². The molecular formula is C11H14FNO3. The lowest BCUT2D eigenvalue weighted by atomic mass is 10.1. The Morgan fingerprint density at radius 1 is 1.44 bits per heavy atom. The molecule has 0 fully saturated rings. The lowest BCUT2D eigenvalue weighted by Gasteiger charge is -2.07. The first-order valence-corrected chi connectivity index (χ1v) is 4.78. The number of esters is 1. The number of hydrogen-bond acceptors (Lipinski definition) is 4. The summed E-state index contributed by atoms with van der Waals surface area (Å²) in [4.78, 5) is 11.5. The topological polar surface area (TPSA) is 61.5 Å². The van der Waals surface area contributed by atoms with Crippen molar-refractivity contribution in [3.05, 3.63) is 29.1 Å². The number of carbonyl (C=O) groups is 1. The van der Waals surface area contributed by atoms with Gasteiger partial charge in [0.2, 0.25) is 0 Å². The Bertz CT molecular complexity index is 393. The van der Waals surface area contributed by atoms with Gasteiger partial charge in [-0.3, -0.25) is 0 Å². The summed E-state index contributed by atoms with van der Waals surface area (Å²) >= 11 is 0. The number of anilines is 1. The Labute approximate surface area is 93.2 Å². The molecular weight excluding hydrogens is 213 g/mol. The van der Waals surface area contributed by atoms with Gasteiger partial charge in [-0.05, 0) is 24.6 Å². The van der Waals surface area contributed by atoms with Crippen LogP contribution < -0.4 is 5.73 Å². The molecule has 0 saturated heterocycles. The molecule has 0 saturated carbocycles. The quantitative estimate of drug-likeness (QED) is 0.481. The number of benzene rings is 1. The number of methoxy groups -OCH3 is 1. The Balaban J connectivity index is 2.82. The normalized spacial score (nSPS) is 10.2. The second kappa shape index (κ2) is 5.46. The smallest absolute Gasteiger partial charge is 0.341 e. The summed E-state index contributed by atoms with van der Waals surface area (Å²) in [6.45, 7) is 1.90. The largest absolute Gasteiger partial charge is 0.460 e. The number of halogens is 1. The molecule has 0 radical (unpaired) electrons. The van der Waals surface area contributed by atoms with Gasteiger partial charge in [-0.25, -0.2) is 9.18 Å². The van der Waals surface area contributed by atoms with Crippen LogP contribution in [-0.4, -0.2) is 26.3 Å².